The van der Waals surface area contributed by atoms with Crippen LogP contribution in [0.4, 0.5) is 0 Å². The first kappa shape index (κ1) is 37.1. The van der Waals surface area contributed by atoms with Gasteiger partial charge in [-0.15, -0.1) is 0 Å². The molecule has 0 atom stereocenters. The van der Waals surface area contributed by atoms with Gasteiger partial charge >= 0.3 is 0 Å². The molecule has 0 aromatic heterocycles. The number of hydrogen-bond donors (Lipinski definition) is 2. The van der Waals surface area contributed by atoms with Crippen LogP contribution in [0.25, 0.3) is 0 Å². The van der Waals surface area contributed by atoms with Crippen molar-refractivity contribution in [1.82, 2.24) is 10.6 Å². The number of amides is 1. The van der Waals surface area contributed by atoms with Crippen LogP contribution in [0.3, 0.4) is 0 Å². The molecule has 1 amide bonds. The smallest absolute Gasteiger partial charge is 0.222 e. The lowest BCUT2D eigenvalue weighted by atomic mass is 10.0. The van der Waals surface area contributed by atoms with Gasteiger partial charge in [-0.2, -0.15) is 0 Å². The van der Waals surface area contributed by atoms with Crippen molar-refractivity contribution in [3.63, 3.8) is 0 Å². The molecule has 0 rings (SSSR count). The van der Waals surface area contributed by atoms with Gasteiger partial charge in [0.05, 0.1) is 72.7 Å². The summed E-state index contributed by atoms with van der Waals surface area (Å²) in [6, 6.07) is 0. The summed E-state index contributed by atoms with van der Waals surface area (Å²) in [5.74, 6) is -0.115. The molecule has 0 saturated carbocycles. The second kappa shape index (κ2) is 25.1. The van der Waals surface area contributed by atoms with Crippen molar-refractivity contribution in [1.29, 1.82) is 0 Å². The summed E-state index contributed by atoms with van der Waals surface area (Å²) < 4.78 is 39.5. The van der Waals surface area contributed by atoms with Crippen LogP contribution in [-0.2, 0) is 38.0 Å². The molecule has 10 heteroatoms. The molecule has 38 heavy (non-hydrogen) atoms. The Labute approximate surface area is 232 Å². The van der Waals surface area contributed by atoms with E-state index in [2.05, 4.69) is 52.2 Å². The monoisotopic (exact) mass is 550 g/mol. The van der Waals surface area contributed by atoms with E-state index in [4.69, 9.17) is 33.2 Å². The highest BCUT2D eigenvalue weighted by molar-refractivity contribution is 5.77. The van der Waals surface area contributed by atoms with Gasteiger partial charge in [-0.3, -0.25) is 4.79 Å². The second-order valence-corrected chi connectivity index (χ2v) is 10.4. The van der Waals surface area contributed by atoms with Gasteiger partial charge in [0.25, 0.3) is 0 Å². The number of hydrogen-bond acceptors (Lipinski definition) is 9. The van der Waals surface area contributed by atoms with Crippen molar-refractivity contribution in [3.8, 4) is 0 Å². The highest BCUT2D eigenvalue weighted by Crippen LogP contribution is 2.11. The molecular weight excluding hydrogens is 492 g/mol. The van der Waals surface area contributed by atoms with Gasteiger partial charge in [0, 0.05) is 38.3 Å². The molecule has 0 spiro atoms. The molecule has 0 aliphatic rings. The first-order chi connectivity index (χ1) is 18.3. The predicted molar refractivity (Wildman–Crippen MR) is 150 cm³/mol. The average molecular weight is 551 g/mol. The summed E-state index contributed by atoms with van der Waals surface area (Å²) in [4.78, 5) is 12.7. The molecule has 10 nitrogen and oxygen atoms in total. The highest BCUT2D eigenvalue weighted by atomic mass is 16.6. The Balaban J connectivity index is 4.03. The zero-order valence-corrected chi connectivity index (χ0v) is 25.2. The van der Waals surface area contributed by atoms with Crippen LogP contribution in [-0.4, -0.2) is 116 Å². The minimum atomic E-state index is -0.714. The van der Waals surface area contributed by atoms with E-state index in [9.17, 15) is 4.79 Å². The quantitative estimate of drug-likeness (QED) is 0.142. The average Bonchev–Trinajstić information content (AvgIpc) is 2.86. The van der Waals surface area contributed by atoms with Crippen molar-refractivity contribution in [2.24, 2.45) is 0 Å². The fraction of sp³-hybridized carbons (Fsp3) is 0.964. The van der Waals surface area contributed by atoms with E-state index in [0.717, 1.165) is 25.8 Å². The SMILES string of the molecule is CCCOCC(COCCC)(COCCC)NC(=O)CCOCCOCCOCCOCCNC(C)(C)C. The van der Waals surface area contributed by atoms with Crippen LogP contribution >= 0.6 is 0 Å². The summed E-state index contributed by atoms with van der Waals surface area (Å²) in [5, 5.41) is 6.48. The fourth-order valence-corrected chi connectivity index (χ4v) is 3.25. The molecule has 0 heterocycles. The zero-order chi connectivity index (χ0) is 28.4. The van der Waals surface area contributed by atoms with E-state index in [1.54, 1.807) is 0 Å². The van der Waals surface area contributed by atoms with E-state index in [1.807, 2.05) is 0 Å². The molecule has 0 saturated heterocycles. The molecule has 0 unspecified atom stereocenters. The lowest BCUT2D eigenvalue weighted by molar-refractivity contribution is -0.128. The lowest BCUT2D eigenvalue weighted by Crippen LogP contribution is -2.58. The van der Waals surface area contributed by atoms with E-state index < -0.39 is 5.54 Å². The van der Waals surface area contributed by atoms with Gasteiger partial charge in [-0.05, 0) is 40.0 Å². The fourth-order valence-electron chi connectivity index (χ4n) is 3.25. The molecule has 0 aliphatic carbocycles. The maximum atomic E-state index is 12.7. The lowest BCUT2D eigenvalue weighted by Gasteiger charge is -2.34. The van der Waals surface area contributed by atoms with Gasteiger partial charge < -0.3 is 43.8 Å². The van der Waals surface area contributed by atoms with E-state index >= 15 is 0 Å². The molecule has 0 aromatic carbocycles. The van der Waals surface area contributed by atoms with E-state index in [-0.39, 0.29) is 17.9 Å². The maximum Gasteiger partial charge on any atom is 0.222 e. The van der Waals surface area contributed by atoms with Crippen molar-refractivity contribution in [2.75, 3.05) is 99.0 Å². The van der Waals surface area contributed by atoms with Gasteiger partial charge in [0.2, 0.25) is 5.91 Å². The Hall–Kier alpha value is -0.850. The van der Waals surface area contributed by atoms with Crippen molar-refractivity contribution in [3.05, 3.63) is 0 Å². The summed E-state index contributed by atoms with van der Waals surface area (Å²) in [6.45, 7) is 20.2. The van der Waals surface area contributed by atoms with Crippen LogP contribution in [0.5, 0.6) is 0 Å². The number of nitrogens with one attached hydrogen (secondary N) is 2. The number of carbonyl (C=O) groups excluding carboxylic acids is 1. The van der Waals surface area contributed by atoms with Gasteiger partial charge in [-0.25, -0.2) is 0 Å². The van der Waals surface area contributed by atoms with Gasteiger partial charge in [0.1, 0.15) is 5.54 Å². The first-order valence-corrected chi connectivity index (χ1v) is 14.4. The summed E-state index contributed by atoms with van der Waals surface area (Å²) in [7, 11) is 0. The Morgan fingerprint density at radius 1 is 0.553 bits per heavy atom. The Kier molecular flexibility index (Phi) is 24.6. The molecule has 0 aliphatic heterocycles. The van der Waals surface area contributed by atoms with Crippen LogP contribution in [0.2, 0.25) is 0 Å². The van der Waals surface area contributed by atoms with Crippen molar-refractivity contribution < 1.29 is 38.0 Å². The third-order valence-electron chi connectivity index (χ3n) is 5.08. The summed E-state index contributed by atoms with van der Waals surface area (Å²) >= 11 is 0. The first-order valence-electron chi connectivity index (χ1n) is 14.4. The van der Waals surface area contributed by atoms with E-state index in [0.29, 0.717) is 92.5 Å². The topological polar surface area (TPSA) is 106 Å². The third kappa shape index (κ3) is 24.2. The molecule has 0 bridgehead atoms. The largest absolute Gasteiger partial charge is 0.379 e. The molecule has 0 fully saturated rings. The Morgan fingerprint density at radius 3 is 1.34 bits per heavy atom. The number of carbonyl (C=O) groups is 1. The molecule has 2 N–H and O–H groups in total. The minimum absolute atomic E-state index is 0.106. The Morgan fingerprint density at radius 2 is 0.947 bits per heavy atom. The minimum Gasteiger partial charge on any atom is -0.379 e. The van der Waals surface area contributed by atoms with Crippen LogP contribution in [0, 0.1) is 0 Å². The van der Waals surface area contributed by atoms with Crippen LogP contribution in [0.15, 0.2) is 0 Å². The molecule has 0 aromatic rings. The highest BCUT2D eigenvalue weighted by Gasteiger charge is 2.33. The summed E-state index contributed by atoms with van der Waals surface area (Å²) in [6.07, 6.45) is 2.96. The second-order valence-electron chi connectivity index (χ2n) is 10.4. The maximum absolute atomic E-state index is 12.7. The number of rotatable bonds is 28. The molecule has 0 radical (unpaired) electrons. The summed E-state index contributed by atoms with van der Waals surface area (Å²) in [5.41, 5.74) is -0.608. The predicted octanol–water partition coefficient (Wildman–Crippen LogP) is 2.97. The van der Waals surface area contributed by atoms with Crippen molar-refractivity contribution in [2.45, 2.75) is 78.3 Å². The molecular formula is C28H58N2O8. The normalized spacial score (nSPS) is 12.3. The number of ether oxygens (including phenoxy) is 7. The standard InChI is InChI=1S/C28H58N2O8/c1-7-12-36-23-28(24-37-13-8-2,25-38-14-9-3)30-26(31)10-15-32-17-19-34-21-22-35-20-18-33-16-11-29-27(4,5)6/h29H,7-25H2,1-6H3,(H,30,31). The molecule has 228 valence electrons. The Bertz CT molecular complexity index is 505. The van der Waals surface area contributed by atoms with Crippen LogP contribution < -0.4 is 10.6 Å². The van der Waals surface area contributed by atoms with Crippen LogP contribution in [0.1, 0.15) is 67.2 Å². The van der Waals surface area contributed by atoms with Crippen molar-refractivity contribution >= 4 is 5.91 Å². The van der Waals surface area contributed by atoms with Gasteiger partial charge in [0.15, 0.2) is 0 Å². The van der Waals surface area contributed by atoms with Gasteiger partial charge in [-0.1, -0.05) is 20.8 Å². The zero-order valence-electron chi connectivity index (χ0n) is 25.2. The third-order valence-corrected chi connectivity index (χ3v) is 5.08. The van der Waals surface area contributed by atoms with E-state index in [1.165, 1.54) is 0 Å².